The number of ether oxygens (including phenoxy) is 1. The van der Waals surface area contributed by atoms with Crippen molar-refractivity contribution in [3.8, 4) is 5.75 Å². The highest BCUT2D eigenvalue weighted by atomic mass is 19.2. The molecule has 0 unspecified atom stereocenters. The van der Waals surface area contributed by atoms with Crippen LogP contribution in [-0.4, -0.2) is 6.61 Å². The van der Waals surface area contributed by atoms with Crippen LogP contribution < -0.4 is 4.74 Å². The minimum absolute atomic E-state index is 0.0244. The van der Waals surface area contributed by atoms with E-state index in [1.54, 1.807) is 30.3 Å². The molecule has 0 fully saturated rings. The van der Waals surface area contributed by atoms with Crippen LogP contribution in [0, 0.1) is 34.9 Å². The van der Waals surface area contributed by atoms with Gasteiger partial charge in [-0.3, -0.25) is 0 Å². The van der Waals surface area contributed by atoms with Crippen molar-refractivity contribution >= 4 is 10.8 Å². The lowest BCUT2D eigenvalue weighted by atomic mass is 9.97. The molecule has 0 aromatic heterocycles. The van der Waals surface area contributed by atoms with Crippen LogP contribution in [0.25, 0.3) is 10.8 Å². The second kappa shape index (κ2) is 13.0. The number of rotatable bonds is 12. The Kier molecular flexibility index (Phi) is 9.54. The van der Waals surface area contributed by atoms with E-state index >= 15 is 4.39 Å². The Labute approximate surface area is 224 Å². The van der Waals surface area contributed by atoms with E-state index in [0.717, 1.165) is 43.4 Å². The van der Waals surface area contributed by atoms with Gasteiger partial charge < -0.3 is 4.74 Å². The number of fused-ring (bicyclic) bond motifs is 1. The van der Waals surface area contributed by atoms with Gasteiger partial charge >= 0.3 is 0 Å². The maximum atomic E-state index is 15.2. The van der Waals surface area contributed by atoms with Crippen LogP contribution in [0.2, 0.25) is 0 Å². The second-order valence-electron chi connectivity index (χ2n) is 9.74. The first-order chi connectivity index (χ1) is 18.8. The number of benzene rings is 4. The summed E-state index contributed by atoms with van der Waals surface area (Å²) in [5.74, 6) is -5.68. The van der Waals surface area contributed by atoms with Crippen LogP contribution in [-0.2, 0) is 25.7 Å². The molecule has 0 spiro atoms. The fourth-order valence-electron chi connectivity index (χ4n) is 4.66. The summed E-state index contributed by atoms with van der Waals surface area (Å²) in [6, 6.07) is 12.7. The summed E-state index contributed by atoms with van der Waals surface area (Å²) in [6.07, 6.45) is 4.81. The number of hydrogen-bond acceptors (Lipinski definition) is 1. The van der Waals surface area contributed by atoms with Gasteiger partial charge in [0, 0.05) is 23.1 Å². The molecule has 0 atom stereocenters. The van der Waals surface area contributed by atoms with Crippen molar-refractivity contribution in [3.63, 3.8) is 0 Å². The van der Waals surface area contributed by atoms with E-state index in [9.17, 15) is 22.0 Å². The third-order valence-electron chi connectivity index (χ3n) is 6.87. The quantitative estimate of drug-likeness (QED) is 0.0982. The van der Waals surface area contributed by atoms with E-state index in [-0.39, 0.29) is 36.1 Å². The van der Waals surface area contributed by atoms with Gasteiger partial charge in [-0.1, -0.05) is 56.5 Å². The maximum Gasteiger partial charge on any atom is 0.194 e. The van der Waals surface area contributed by atoms with E-state index in [1.165, 1.54) is 12.1 Å². The predicted molar refractivity (Wildman–Crippen MR) is 141 cm³/mol. The molecule has 0 saturated carbocycles. The minimum Gasteiger partial charge on any atom is -0.493 e. The highest BCUT2D eigenvalue weighted by Crippen LogP contribution is 2.26. The lowest BCUT2D eigenvalue weighted by Gasteiger charge is -2.11. The first-order valence-electron chi connectivity index (χ1n) is 13.2. The zero-order chi connectivity index (χ0) is 27.9. The first-order valence-corrected chi connectivity index (χ1v) is 13.2. The molecule has 4 aromatic carbocycles. The third-order valence-corrected chi connectivity index (χ3v) is 6.87. The van der Waals surface area contributed by atoms with Crippen molar-refractivity contribution < 1.29 is 31.1 Å². The molecule has 0 aliphatic carbocycles. The van der Waals surface area contributed by atoms with Crippen LogP contribution in [0.1, 0.15) is 54.9 Å². The van der Waals surface area contributed by atoms with Gasteiger partial charge in [-0.25, -0.2) is 26.3 Å². The van der Waals surface area contributed by atoms with Crippen molar-refractivity contribution in [2.24, 2.45) is 0 Å². The molecule has 0 N–H and O–H groups in total. The SMILES string of the molecule is CCCCCCOc1cc(F)c(CCc2ccc3c(F)c(CCc4cc(F)c(F)c(F)c4)ccc3c2)c(F)c1. The Morgan fingerprint density at radius 2 is 1.28 bits per heavy atom. The maximum absolute atomic E-state index is 15.2. The van der Waals surface area contributed by atoms with Crippen molar-refractivity contribution in [1.82, 2.24) is 0 Å². The monoisotopic (exact) mass is 544 g/mol. The molecule has 4 aromatic rings. The lowest BCUT2D eigenvalue weighted by molar-refractivity contribution is 0.301. The van der Waals surface area contributed by atoms with Gasteiger partial charge in [0.25, 0.3) is 0 Å². The summed E-state index contributed by atoms with van der Waals surface area (Å²) < 4.78 is 90.0. The largest absolute Gasteiger partial charge is 0.493 e. The molecule has 0 bridgehead atoms. The van der Waals surface area contributed by atoms with Gasteiger partial charge in [0.05, 0.1) is 6.61 Å². The summed E-state index contributed by atoms with van der Waals surface area (Å²) in [4.78, 5) is 0. The highest BCUT2D eigenvalue weighted by molar-refractivity contribution is 5.84. The summed E-state index contributed by atoms with van der Waals surface area (Å²) in [5.41, 5.74) is 1.36. The number of halogens is 6. The molecule has 0 aliphatic heterocycles. The van der Waals surface area contributed by atoms with Gasteiger partial charge in [-0.15, -0.1) is 0 Å². The molecular formula is C32H30F6O. The number of hydrogen-bond donors (Lipinski definition) is 0. The van der Waals surface area contributed by atoms with Crippen LogP contribution in [0.5, 0.6) is 5.75 Å². The van der Waals surface area contributed by atoms with Crippen LogP contribution >= 0.6 is 0 Å². The lowest BCUT2D eigenvalue weighted by Crippen LogP contribution is -2.03. The Bertz CT molecular complexity index is 1400. The molecule has 0 amide bonds. The fraction of sp³-hybridized carbons (Fsp3) is 0.312. The molecule has 39 heavy (non-hydrogen) atoms. The van der Waals surface area contributed by atoms with Gasteiger partial charge in [0.2, 0.25) is 0 Å². The van der Waals surface area contributed by atoms with Crippen molar-refractivity contribution in [2.75, 3.05) is 6.61 Å². The zero-order valence-corrected chi connectivity index (χ0v) is 21.7. The number of unbranched alkanes of at least 4 members (excludes halogenated alkanes) is 3. The summed E-state index contributed by atoms with van der Waals surface area (Å²) in [6.45, 7) is 2.52. The summed E-state index contributed by atoms with van der Waals surface area (Å²) in [7, 11) is 0. The normalized spacial score (nSPS) is 11.4. The average Bonchev–Trinajstić information content (AvgIpc) is 2.90. The van der Waals surface area contributed by atoms with Crippen LogP contribution in [0.15, 0.2) is 54.6 Å². The van der Waals surface area contributed by atoms with E-state index in [0.29, 0.717) is 29.4 Å². The van der Waals surface area contributed by atoms with E-state index in [4.69, 9.17) is 4.74 Å². The van der Waals surface area contributed by atoms with E-state index in [2.05, 4.69) is 6.92 Å². The number of aryl methyl sites for hydroxylation is 3. The molecule has 0 aliphatic rings. The molecule has 0 radical (unpaired) electrons. The van der Waals surface area contributed by atoms with Crippen molar-refractivity contribution in [1.29, 1.82) is 0 Å². The molecule has 7 heteroatoms. The highest BCUT2D eigenvalue weighted by Gasteiger charge is 2.15. The predicted octanol–water partition coefficient (Wildman–Crippen LogP) is 9.20. The summed E-state index contributed by atoms with van der Waals surface area (Å²) in [5, 5.41) is 0.992. The standard InChI is InChI=1S/C32H30F6O/c1-2-3-4-5-14-39-24-18-27(33)26(28(34)19-24)13-8-20-7-12-25-23(15-20)11-10-22(31(25)37)9-6-21-16-29(35)32(38)30(36)17-21/h7,10-12,15-19H,2-6,8-9,13-14H2,1H3. The van der Waals surface area contributed by atoms with Crippen LogP contribution in [0.4, 0.5) is 26.3 Å². The molecule has 4 rings (SSSR count). The Morgan fingerprint density at radius 1 is 0.590 bits per heavy atom. The summed E-state index contributed by atoms with van der Waals surface area (Å²) >= 11 is 0. The Morgan fingerprint density at radius 3 is 1.97 bits per heavy atom. The Balaban J connectivity index is 1.40. The molecular weight excluding hydrogens is 514 g/mol. The molecule has 1 nitrogen and oxygen atoms in total. The smallest absolute Gasteiger partial charge is 0.194 e. The molecule has 0 heterocycles. The first kappa shape index (κ1) is 28.5. The minimum atomic E-state index is -1.53. The van der Waals surface area contributed by atoms with Crippen molar-refractivity contribution in [3.05, 3.63) is 112 Å². The molecule has 206 valence electrons. The zero-order valence-electron chi connectivity index (χ0n) is 21.7. The Hall–Kier alpha value is -3.48. The third kappa shape index (κ3) is 7.14. The second-order valence-corrected chi connectivity index (χ2v) is 9.74. The molecule has 0 saturated heterocycles. The van der Waals surface area contributed by atoms with E-state index < -0.39 is 34.9 Å². The topological polar surface area (TPSA) is 9.23 Å². The van der Waals surface area contributed by atoms with E-state index in [1.807, 2.05) is 0 Å². The van der Waals surface area contributed by atoms with Crippen LogP contribution in [0.3, 0.4) is 0 Å². The van der Waals surface area contributed by atoms with Gasteiger partial charge in [0.1, 0.15) is 23.2 Å². The van der Waals surface area contributed by atoms with Gasteiger partial charge in [-0.05, 0) is 66.3 Å². The average molecular weight is 545 g/mol. The fourth-order valence-corrected chi connectivity index (χ4v) is 4.66. The van der Waals surface area contributed by atoms with Gasteiger partial charge in [0.15, 0.2) is 17.5 Å². The van der Waals surface area contributed by atoms with Crippen molar-refractivity contribution in [2.45, 2.75) is 58.3 Å². The van der Waals surface area contributed by atoms with Gasteiger partial charge in [-0.2, -0.15) is 0 Å².